The smallest absolute Gasteiger partial charge is 0.340 e. The van der Waals surface area contributed by atoms with E-state index in [4.69, 9.17) is 9.47 Å². The molecule has 0 saturated heterocycles. The number of hydrogen-bond acceptors (Lipinski definition) is 4. The number of fused-ring (bicyclic) bond motifs is 1. The van der Waals surface area contributed by atoms with Crippen LogP contribution in [0.3, 0.4) is 0 Å². The minimum absolute atomic E-state index is 0.271. The molecule has 0 fully saturated rings. The Labute approximate surface area is 199 Å². The number of carbonyl (C=O) groups is 2. The Balaban J connectivity index is 1.76. The zero-order chi connectivity index (χ0) is 24.2. The molecule has 172 valence electrons. The lowest BCUT2D eigenvalue weighted by molar-refractivity contribution is -0.128. The molecule has 5 heteroatoms. The van der Waals surface area contributed by atoms with Gasteiger partial charge in [-0.05, 0) is 69.2 Å². The molecule has 0 amide bonds. The van der Waals surface area contributed by atoms with E-state index < -0.39 is 11.9 Å². The molecule has 0 N–H and O–H groups in total. The lowest BCUT2D eigenvalue weighted by atomic mass is 10.1. The molecule has 0 radical (unpaired) electrons. The summed E-state index contributed by atoms with van der Waals surface area (Å²) in [7, 11) is 0. The Morgan fingerprint density at radius 3 is 2.41 bits per heavy atom. The molecule has 0 aliphatic heterocycles. The minimum atomic E-state index is -0.494. The van der Waals surface area contributed by atoms with Crippen LogP contribution in [0, 0.1) is 20.8 Å². The zero-order valence-electron chi connectivity index (χ0n) is 19.8. The first-order chi connectivity index (χ1) is 16.4. The molecular formula is C29H27NO4. The molecule has 4 rings (SSSR count). The summed E-state index contributed by atoms with van der Waals surface area (Å²) in [5.41, 5.74) is 6.23. The van der Waals surface area contributed by atoms with Gasteiger partial charge >= 0.3 is 11.9 Å². The highest BCUT2D eigenvalue weighted by molar-refractivity contribution is 6.07. The van der Waals surface area contributed by atoms with Crippen molar-refractivity contribution in [1.82, 2.24) is 4.57 Å². The molecule has 0 unspecified atom stereocenters. The molecule has 1 aromatic heterocycles. The van der Waals surface area contributed by atoms with Crippen LogP contribution < -0.4 is 4.74 Å². The van der Waals surface area contributed by atoms with Crippen LogP contribution in [0.5, 0.6) is 5.75 Å². The monoisotopic (exact) mass is 453 g/mol. The van der Waals surface area contributed by atoms with Gasteiger partial charge in [-0.1, -0.05) is 48.0 Å². The van der Waals surface area contributed by atoms with Crippen LogP contribution >= 0.6 is 0 Å². The first kappa shape index (κ1) is 23.1. The van der Waals surface area contributed by atoms with Crippen LogP contribution in [0.15, 0.2) is 72.8 Å². The Morgan fingerprint density at radius 2 is 1.71 bits per heavy atom. The molecule has 0 bridgehead atoms. The average Bonchev–Trinajstić information content (AvgIpc) is 3.09. The van der Waals surface area contributed by atoms with Crippen molar-refractivity contribution in [3.05, 3.63) is 101 Å². The normalized spacial score (nSPS) is 11.2. The summed E-state index contributed by atoms with van der Waals surface area (Å²) in [6, 6.07) is 21.1. The molecule has 4 aromatic rings. The topological polar surface area (TPSA) is 57.5 Å². The van der Waals surface area contributed by atoms with E-state index in [0.717, 1.165) is 28.0 Å². The first-order valence-corrected chi connectivity index (χ1v) is 11.2. The lowest BCUT2D eigenvalue weighted by Crippen LogP contribution is -2.07. The van der Waals surface area contributed by atoms with Gasteiger partial charge in [0, 0.05) is 22.8 Å². The molecule has 0 atom stereocenters. The van der Waals surface area contributed by atoms with Crippen molar-refractivity contribution in [3.8, 4) is 11.4 Å². The van der Waals surface area contributed by atoms with Crippen molar-refractivity contribution in [3.63, 3.8) is 0 Å². The van der Waals surface area contributed by atoms with Crippen molar-refractivity contribution in [2.24, 2.45) is 0 Å². The highest BCUT2D eigenvalue weighted by Crippen LogP contribution is 2.33. The quantitative estimate of drug-likeness (QED) is 0.194. The van der Waals surface area contributed by atoms with E-state index in [9.17, 15) is 9.59 Å². The Hall–Kier alpha value is -4.12. The molecule has 0 aliphatic rings. The van der Waals surface area contributed by atoms with Gasteiger partial charge in [0.2, 0.25) is 0 Å². The second-order valence-electron chi connectivity index (χ2n) is 8.15. The number of hydrogen-bond donors (Lipinski definition) is 0. The van der Waals surface area contributed by atoms with E-state index in [2.05, 4.69) is 10.6 Å². The highest BCUT2D eigenvalue weighted by Gasteiger charge is 2.23. The second-order valence-corrected chi connectivity index (χ2v) is 8.15. The molecule has 34 heavy (non-hydrogen) atoms. The van der Waals surface area contributed by atoms with E-state index in [0.29, 0.717) is 16.7 Å². The fourth-order valence-corrected chi connectivity index (χ4v) is 4.17. The number of aromatic nitrogens is 1. The standard InChI is InChI=1S/C29H27NO4/c1-5-33-29(32)28-21(4)30(25-14-11-19(2)17-20(25)3)26-15-13-23(18-24(26)28)34-27(31)16-12-22-9-7-6-8-10-22/h6-18H,5H2,1-4H3. The number of aryl methyl sites for hydroxylation is 2. The van der Waals surface area contributed by atoms with Gasteiger partial charge in [0.05, 0.1) is 17.7 Å². The Kier molecular flexibility index (Phi) is 6.64. The van der Waals surface area contributed by atoms with Gasteiger partial charge in [0.1, 0.15) is 5.75 Å². The number of nitrogens with zero attached hydrogens (tertiary/aromatic N) is 1. The number of carbonyl (C=O) groups excluding carboxylic acids is 2. The summed E-state index contributed by atoms with van der Waals surface area (Å²) >= 11 is 0. The van der Waals surface area contributed by atoms with Crippen molar-refractivity contribution < 1.29 is 19.1 Å². The fraction of sp³-hybridized carbons (Fsp3) is 0.172. The third kappa shape index (κ3) is 4.64. The van der Waals surface area contributed by atoms with Crippen molar-refractivity contribution in [2.45, 2.75) is 27.7 Å². The van der Waals surface area contributed by atoms with Gasteiger partial charge in [-0.15, -0.1) is 0 Å². The average molecular weight is 454 g/mol. The Morgan fingerprint density at radius 1 is 0.941 bits per heavy atom. The summed E-state index contributed by atoms with van der Waals surface area (Å²) < 4.78 is 13.0. The molecule has 5 nitrogen and oxygen atoms in total. The van der Waals surface area contributed by atoms with Gasteiger partial charge in [0.25, 0.3) is 0 Å². The second kappa shape index (κ2) is 9.79. The number of esters is 2. The van der Waals surface area contributed by atoms with E-state index in [-0.39, 0.29) is 6.61 Å². The molecule has 0 aliphatic carbocycles. The summed E-state index contributed by atoms with van der Waals surface area (Å²) in [6.45, 7) is 8.05. The third-order valence-electron chi connectivity index (χ3n) is 5.68. The maximum absolute atomic E-state index is 12.9. The van der Waals surface area contributed by atoms with Crippen molar-refractivity contribution >= 4 is 28.9 Å². The summed E-state index contributed by atoms with van der Waals surface area (Å²) in [5.74, 6) is -0.536. The molecule has 1 heterocycles. The van der Waals surface area contributed by atoms with Crippen LogP contribution in [0.2, 0.25) is 0 Å². The Bertz CT molecular complexity index is 1400. The summed E-state index contributed by atoms with van der Waals surface area (Å²) in [6.07, 6.45) is 3.09. The molecule has 3 aromatic carbocycles. The van der Waals surface area contributed by atoms with Gasteiger partial charge in [-0.3, -0.25) is 0 Å². The largest absolute Gasteiger partial charge is 0.462 e. The van der Waals surface area contributed by atoms with E-state index in [1.165, 1.54) is 11.6 Å². The number of benzene rings is 3. The zero-order valence-corrected chi connectivity index (χ0v) is 19.8. The van der Waals surface area contributed by atoms with Gasteiger partial charge < -0.3 is 14.0 Å². The van der Waals surface area contributed by atoms with Gasteiger partial charge in [0.15, 0.2) is 0 Å². The van der Waals surface area contributed by atoms with Gasteiger partial charge in [-0.2, -0.15) is 0 Å². The fourth-order valence-electron chi connectivity index (χ4n) is 4.17. The van der Waals surface area contributed by atoms with Crippen LogP contribution in [0.4, 0.5) is 0 Å². The number of ether oxygens (including phenoxy) is 2. The minimum Gasteiger partial charge on any atom is -0.462 e. The van der Waals surface area contributed by atoms with Crippen LogP contribution in [0.25, 0.3) is 22.7 Å². The predicted octanol–water partition coefficient (Wildman–Crippen LogP) is 6.35. The predicted molar refractivity (Wildman–Crippen MR) is 135 cm³/mol. The van der Waals surface area contributed by atoms with E-state index in [1.54, 1.807) is 25.1 Å². The SMILES string of the molecule is CCOC(=O)c1c(C)n(-c2ccc(C)cc2C)c2ccc(OC(=O)C=Cc3ccccc3)cc12. The van der Waals surface area contributed by atoms with E-state index >= 15 is 0 Å². The first-order valence-electron chi connectivity index (χ1n) is 11.2. The van der Waals surface area contributed by atoms with Gasteiger partial charge in [-0.25, -0.2) is 9.59 Å². The van der Waals surface area contributed by atoms with Crippen LogP contribution in [-0.2, 0) is 9.53 Å². The number of rotatable bonds is 6. The summed E-state index contributed by atoms with van der Waals surface area (Å²) in [4.78, 5) is 25.3. The van der Waals surface area contributed by atoms with Crippen molar-refractivity contribution in [2.75, 3.05) is 6.61 Å². The summed E-state index contributed by atoms with van der Waals surface area (Å²) in [5, 5.41) is 0.674. The highest BCUT2D eigenvalue weighted by atomic mass is 16.5. The molecular weight excluding hydrogens is 426 g/mol. The van der Waals surface area contributed by atoms with E-state index in [1.807, 2.05) is 69.3 Å². The maximum Gasteiger partial charge on any atom is 0.340 e. The lowest BCUT2D eigenvalue weighted by Gasteiger charge is -2.13. The maximum atomic E-state index is 12.9. The van der Waals surface area contributed by atoms with Crippen LogP contribution in [0.1, 0.15) is 39.7 Å². The third-order valence-corrected chi connectivity index (χ3v) is 5.68. The molecule has 0 saturated carbocycles. The van der Waals surface area contributed by atoms with Crippen molar-refractivity contribution in [1.29, 1.82) is 0 Å². The molecule has 0 spiro atoms. The van der Waals surface area contributed by atoms with Crippen LogP contribution in [-0.4, -0.2) is 23.1 Å².